The summed E-state index contributed by atoms with van der Waals surface area (Å²) in [5.41, 5.74) is 2.15. The quantitative estimate of drug-likeness (QED) is 0.876. The smallest absolute Gasteiger partial charge is 0.317 e. The number of primary sulfonamides is 1. The highest BCUT2D eigenvalue weighted by Crippen LogP contribution is 2.19. The molecule has 2 amide bonds. The maximum atomic E-state index is 12.2. The molecule has 1 aromatic rings. The van der Waals surface area contributed by atoms with E-state index in [1.54, 1.807) is 0 Å². The number of sulfonamides is 1. The number of hydrogen-bond donors (Lipinski definition) is 2. The minimum absolute atomic E-state index is 0.132. The number of nitrogens with one attached hydrogen (secondary N) is 1. The number of hydrogen-bond acceptors (Lipinski definition) is 3. The molecule has 0 aliphatic carbocycles. The van der Waals surface area contributed by atoms with Gasteiger partial charge in [0.15, 0.2) is 0 Å². The Morgan fingerprint density at radius 1 is 1.43 bits per heavy atom. The van der Waals surface area contributed by atoms with Gasteiger partial charge in [0, 0.05) is 13.1 Å². The van der Waals surface area contributed by atoms with Crippen LogP contribution in [0.15, 0.2) is 24.3 Å². The first-order valence-corrected chi connectivity index (χ1v) is 8.52. The summed E-state index contributed by atoms with van der Waals surface area (Å²) in [7, 11) is -3.58. The molecular weight excluding hydrogens is 290 g/mol. The van der Waals surface area contributed by atoms with Gasteiger partial charge < -0.3 is 10.2 Å². The molecule has 6 nitrogen and oxygen atoms in total. The van der Waals surface area contributed by atoms with Gasteiger partial charge in [0.2, 0.25) is 10.0 Å². The first-order chi connectivity index (χ1) is 9.79. The number of nitrogens with two attached hydrogens (primary N) is 1. The van der Waals surface area contributed by atoms with Crippen molar-refractivity contribution in [2.75, 3.05) is 13.1 Å². The van der Waals surface area contributed by atoms with Gasteiger partial charge in [-0.1, -0.05) is 24.3 Å². The number of amides is 2. The van der Waals surface area contributed by atoms with Crippen molar-refractivity contribution >= 4 is 16.1 Å². The highest BCUT2D eigenvalue weighted by atomic mass is 32.2. The first-order valence-electron chi connectivity index (χ1n) is 6.91. The van der Waals surface area contributed by atoms with E-state index < -0.39 is 15.3 Å². The van der Waals surface area contributed by atoms with Crippen LogP contribution in [0.25, 0.3) is 0 Å². The second-order valence-electron chi connectivity index (χ2n) is 5.47. The highest BCUT2D eigenvalue weighted by molar-refractivity contribution is 7.89. The summed E-state index contributed by atoms with van der Waals surface area (Å²) in [5, 5.41) is 7.38. The van der Waals surface area contributed by atoms with Crippen molar-refractivity contribution in [3.63, 3.8) is 0 Å². The molecule has 2 rings (SSSR count). The van der Waals surface area contributed by atoms with Crippen LogP contribution in [-0.4, -0.2) is 37.7 Å². The molecule has 1 aliphatic heterocycles. The van der Waals surface area contributed by atoms with Crippen molar-refractivity contribution in [3.05, 3.63) is 35.4 Å². The molecule has 0 unspecified atom stereocenters. The Bertz CT molecular complexity index is 630. The van der Waals surface area contributed by atoms with Gasteiger partial charge in [0.05, 0.1) is 11.3 Å². The lowest BCUT2D eigenvalue weighted by molar-refractivity contribution is 0.205. The average Bonchev–Trinajstić information content (AvgIpc) is 2.88. The number of urea groups is 1. The molecule has 0 spiro atoms. The Kier molecular flexibility index (Phi) is 4.53. The molecule has 116 valence electrons. The van der Waals surface area contributed by atoms with E-state index in [0.717, 1.165) is 11.1 Å². The summed E-state index contributed by atoms with van der Waals surface area (Å²) in [6, 6.07) is 7.45. The first kappa shape index (κ1) is 15.8. The van der Waals surface area contributed by atoms with Crippen LogP contribution in [-0.2, 0) is 10.0 Å². The van der Waals surface area contributed by atoms with E-state index in [1.807, 2.05) is 38.1 Å². The number of rotatable bonds is 3. The third-order valence-corrected chi connectivity index (χ3v) is 5.21. The molecule has 21 heavy (non-hydrogen) atoms. The van der Waals surface area contributed by atoms with Gasteiger partial charge in [-0.3, -0.25) is 0 Å². The Morgan fingerprint density at radius 2 is 2.10 bits per heavy atom. The lowest BCUT2D eigenvalue weighted by Crippen LogP contribution is -2.41. The third-order valence-electron chi connectivity index (χ3n) is 3.89. The van der Waals surface area contributed by atoms with E-state index >= 15 is 0 Å². The zero-order valence-corrected chi connectivity index (χ0v) is 13.1. The van der Waals surface area contributed by atoms with E-state index in [9.17, 15) is 13.2 Å². The van der Waals surface area contributed by atoms with Crippen molar-refractivity contribution in [3.8, 4) is 0 Å². The molecule has 0 bridgehead atoms. The molecule has 1 aliphatic rings. The summed E-state index contributed by atoms with van der Waals surface area (Å²) in [6.07, 6.45) is 0.394. The van der Waals surface area contributed by atoms with Gasteiger partial charge in [0.25, 0.3) is 0 Å². The molecule has 3 N–H and O–H groups in total. The number of carbonyl (C=O) groups is 1. The van der Waals surface area contributed by atoms with Crippen molar-refractivity contribution in [1.29, 1.82) is 0 Å². The van der Waals surface area contributed by atoms with Crippen LogP contribution in [0.1, 0.15) is 30.5 Å². The monoisotopic (exact) mass is 311 g/mol. The maximum absolute atomic E-state index is 12.2. The summed E-state index contributed by atoms with van der Waals surface area (Å²) in [5.74, 6) is 0. The van der Waals surface area contributed by atoms with Gasteiger partial charge in [0.1, 0.15) is 0 Å². The number of benzene rings is 1. The second-order valence-corrected chi connectivity index (χ2v) is 7.32. The van der Waals surface area contributed by atoms with E-state index in [4.69, 9.17) is 5.14 Å². The number of aryl methyl sites for hydroxylation is 1. The molecule has 0 radical (unpaired) electrons. The predicted octanol–water partition coefficient (Wildman–Crippen LogP) is 1.13. The minimum atomic E-state index is -3.58. The fraction of sp³-hybridized carbons (Fsp3) is 0.500. The molecule has 2 atom stereocenters. The topological polar surface area (TPSA) is 92.5 Å². The summed E-state index contributed by atoms with van der Waals surface area (Å²) >= 11 is 0. The predicted molar refractivity (Wildman–Crippen MR) is 81.2 cm³/mol. The Morgan fingerprint density at radius 3 is 2.67 bits per heavy atom. The molecule has 1 fully saturated rings. The van der Waals surface area contributed by atoms with Crippen LogP contribution in [0.3, 0.4) is 0 Å². The largest absolute Gasteiger partial charge is 0.331 e. The van der Waals surface area contributed by atoms with Crippen LogP contribution < -0.4 is 10.5 Å². The van der Waals surface area contributed by atoms with E-state index in [0.29, 0.717) is 13.0 Å². The normalized spacial score (nSPS) is 20.3. The lowest BCUT2D eigenvalue weighted by Gasteiger charge is -2.22. The van der Waals surface area contributed by atoms with Crippen molar-refractivity contribution < 1.29 is 13.2 Å². The van der Waals surface area contributed by atoms with Crippen LogP contribution in [0.4, 0.5) is 4.79 Å². The number of nitrogens with zero attached hydrogens (tertiary/aromatic N) is 1. The Hall–Kier alpha value is -1.60. The molecule has 1 saturated heterocycles. The van der Waals surface area contributed by atoms with Crippen molar-refractivity contribution in [2.24, 2.45) is 5.14 Å². The SMILES string of the molecule is Cc1ccccc1[C@@H](C)NC(=O)N1CC[C@@H](S(N)(=O)=O)C1. The van der Waals surface area contributed by atoms with E-state index in [-0.39, 0.29) is 18.6 Å². The Balaban J connectivity index is 1.98. The van der Waals surface area contributed by atoms with Crippen LogP contribution in [0.2, 0.25) is 0 Å². The zero-order chi connectivity index (χ0) is 15.6. The molecule has 0 saturated carbocycles. The maximum Gasteiger partial charge on any atom is 0.317 e. The average molecular weight is 311 g/mol. The van der Waals surface area contributed by atoms with Crippen LogP contribution in [0, 0.1) is 6.92 Å². The van der Waals surface area contributed by atoms with E-state index in [1.165, 1.54) is 4.90 Å². The van der Waals surface area contributed by atoms with Gasteiger partial charge >= 0.3 is 6.03 Å². The van der Waals surface area contributed by atoms with Crippen LogP contribution in [0.5, 0.6) is 0 Å². The zero-order valence-electron chi connectivity index (χ0n) is 12.2. The number of carbonyl (C=O) groups excluding carboxylic acids is 1. The summed E-state index contributed by atoms with van der Waals surface area (Å²) in [4.78, 5) is 13.7. The second kappa shape index (κ2) is 6.03. The van der Waals surface area contributed by atoms with Gasteiger partial charge in [-0.05, 0) is 31.4 Å². The summed E-state index contributed by atoms with van der Waals surface area (Å²) in [6.45, 7) is 4.47. The molecule has 1 heterocycles. The Labute approximate surface area is 125 Å². The standard InChI is InChI=1S/C14H21N3O3S/c1-10-5-3-4-6-13(10)11(2)16-14(18)17-8-7-12(9-17)21(15,19)20/h3-6,11-12H,7-9H2,1-2H3,(H,16,18)(H2,15,19,20)/t11-,12-/m1/s1. The summed E-state index contributed by atoms with van der Waals surface area (Å²) < 4.78 is 22.6. The molecular formula is C14H21N3O3S. The number of likely N-dealkylation sites (tertiary alicyclic amines) is 1. The van der Waals surface area contributed by atoms with Gasteiger partial charge in [-0.2, -0.15) is 0 Å². The fourth-order valence-corrected chi connectivity index (χ4v) is 3.43. The lowest BCUT2D eigenvalue weighted by atomic mass is 10.0. The molecule has 1 aromatic carbocycles. The van der Waals surface area contributed by atoms with E-state index in [2.05, 4.69) is 5.32 Å². The molecule has 0 aromatic heterocycles. The minimum Gasteiger partial charge on any atom is -0.331 e. The highest BCUT2D eigenvalue weighted by Gasteiger charge is 2.33. The van der Waals surface area contributed by atoms with Gasteiger partial charge in [-0.15, -0.1) is 0 Å². The van der Waals surface area contributed by atoms with Crippen molar-refractivity contribution in [2.45, 2.75) is 31.6 Å². The third kappa shape index (κ3) is 3.74. The molecule has 7 heteroatoms. The fourth-order valence-electron chi connectivity index (χ4n) is 2.61. The van der Waals surface area contributed by atoms with Gasteiger partial charge in [-0.25, -0.2) is 18.4 Å². The van der Waals surface area contributed by atoms with Crippen LogP contribution >= 0.6 is 0 Å². The van der Waals surface area contributed by atoms with Crippen molar-refractivity contribution in [1.82, 2.24) is 10.2 Å².